The molecule has 0 fully saturated rings. The highest BCUT2D eigenvalue weighted by molar-refractivity contribution is 6.30. The zero-order valence-electron chi connectivity index (χ0n) is 15.7. The standard InChI is InChI=1S/C20H17ClN4O4/c1-28-15-7-13-14(8-16(15)29-2)24-19-18(13)22-10-25(20(19)27)9-17(26)23-12-5-3-11(21)4-6-12/h3-8,10,24H,9H2,1-2H3,(H,23,26). The van der Waals surface area contributed by atoms with E-state index in [0.29, 0.717) is 38.8 Å². The van der Waals surface area contributed by atoms with E-state index in [0.717, 1.165) is 5.39 Å². The molecule has 2 N–H and O–H groups in total. The normalized spacial score (nSPS) is 11.0. The monoisotopic (exact) mass is 412 g/mol. The fourth-order valence-corrected chi connectivity index (χ4v) is 3.25. The molecule has 0 bridgehead atoms. The highest BCUT2D eigenvalue weighted by Gasteiger charge is 2.16. The van der Waals surface area contributed by atoms with Gasteiger partial charge in [0.05, 0.1) is 26.1 Å². The van der Waals surface area contributed by atoms with Crippen LogP contribution in [0.15, 0.2) is 47.5 Å². The summed E-state index contributed by atoms with van der Waals surface area (Å²) in [6, 6.07) is 10.2. The van der Waals surface area contributed by atoms with Crippen LogP contribution in [0.2, 0.25) is 5.02 Å². The largest absolute Gasteiger partial charge is 0.493 e. The molecule has 1 amide bonds. The van der Waals surface area contributed by atoms with Crippen molar-refractivity contribution < 1.29 is 14.3 Å². The predicted molar refractivity (Wildman–Crippen MR) is 111 cm³/mol. The van der Waals surface area contributed by atoms with Gasteiger partial charge in [0.15, 0.2) is 11.5 Å². The number of ether oxygens (including phenoxy) is 2. The number of carbonyl (C=O) groups excluding carboxylic acids is 1. The molecule has 148 valence electrons. The van der Waals surface area contributed by atoms with Crippen molar-refractivity contribution in [2.75, 3.05) is 19.5 Å². The van der Waals surface area contributed by atoms with Gasteiger partial charge >= 0.3 is 0 Å². The second-order valence-electron chi connectivity index (χ2n) is 6.33. The Kier molecular flexibility index (Phi) is 4.85. The number of fused-ring (bicyclic) bond motifs is 3. The van der Waals surface area contributed by atoms with Crippen LogP contribution in [0.4, 0.5) is 5.69 Å². The van der Waals surface area contributed by atoms with Gasteiger partial charge in [0.1, 0.15) is 17.6 Å². The van der Waals surface area contributed by atoms with Crippen molar-refractivity contribution in [2.45, 2.75) is 6.54 Å². The van der Waals surface area contributed by atoms with E-state index in [1.54, 1.807) is 36.4 Å². The van der Waals surface area contributed by atoms with Gasteiger partial charge in [-0.05, 0) is 30.3 Å². The molecule has 0 aliphatic heterocycles. The quantitative estimate of drug-likeness (QED) is 0.524. The molecule has 4 rings (SSSR count). The summed E-state index contributed by atoms with van der Waals surface area (Å²) in [5.41, 5.74) is 1.73. The summed E-state index contributed by atoms with van der Waals surface area (Å²) < 4.78 is 11.9. The van der Waals surface area contributed by atoms with Crippen molar-refractivity contribution in [1.29, 1.82) is 0 Å². The fraction of sp³-hybridized carbons (Fsp3) is 0.150. The zero-order chi connectivity index (χ0) is 20.5. The van der Waals surface area contributed by atoms with E-state index in [2.05, 4.69) is 15.3 Å². The smallest absolute Gasteiger partial charge is 0.278 e. The lowest BCUT2D eigenvalue weighted by atomic mass is 10.2. The Morgan fingerprint density at radius 2 is 1.86 bits per heavy atom. The van der Waals surface area contributed by atoms with E-state index in [4.69, 9.17) is 21.1 Å². The van der Waals surface area contributed by atoms with Gasteiger partial charge < -0.3 is 19.8 Å². The molecule has 8 nitrogen and oxygen atoms in total. The molecule has 0 saturated carbocycles. The lowest BCUT2D eigenvalue weighted by molar-refractivity contribution is -0.116. The number of aromatic amines is 1. The Bertz CT molecular complexity index is 1280. The molecule has 29 heavy (non-hydrogen) atoms. The number of nitrogens with zero attached hydrogens (tertiary/aromatic N) is 2. The third kappa shape index (κ3) is 3.50. The van der Waals surface area contributed by atoms with E-state index >= 15 is 0 Å². The van der Waals surface area contributed by atoms with Crippen LogP contribution in [-0.4, -0.2) is 34.7 Å². The van der Waals surface area contributed by atoms with Crippen LogP contribution in [0, 0.1) is 0 Å². The first kappa shape index (κ1) is 18.8. The molecule has 0 saturated heterocycles. The molecule has 2 aromatic heterocycles. The summed E-state index contributed by atoms with van der Waals surface area (Å²) in [6.45, 7) is -0.174. The number of hydrogen-bond acceptors (Lipinski definition) is 5. The van der Waals surface area contributed by atoms with Crippen molar-refractivity contribution in [1.82, 2.24) is 14.5 Å². The van der Waals surface area contributed by atoms with E-state index in [9.17, 15) is 9.59 Å². The minimum atomic E-state index is -0.352. The molecule has 0 atom stereocenters. The summed E-state index contributed by atoms with van der Waals surface area (Å²) in [7, 11) is 3.08. The molecule has 0 spiro atoms. The number of rotatable bonds is 5. The summed E-state index contributed by atoms with van der Waals surface area (Å²) in [5.74, 6) is 0.721. The highest BCUT2D eigenvalue weighted by atomic mass is 35.5. The molecule has 2 aromatic carbocycles. The average Bonchev–Trinajstić information content (AvgIpc) is 3.09. The summed E-state index contributed by atoms with van der Waals surface area (Å²) in [4.78, 5) is 32.6. The van der Waals surface area contributed by atoms with Crippen LogP contribution in [0.1, 0.15) is 0 Å². The Hall–Kier alpha value is -3.52. The number of carbonyl (C=O) groups is 1. The Morgan fingerprint density at radius 1 is 1.17 bits per heavy atom. The number of methoxy groups -OCH3 is 2. The molecule has 9 heteroatoms. The fourth-order valence-electron chi connectivity index (χ4n) is 3.12. The van der Waals surface area contributed by atoms with Gasteiger partial charge in [0, 0.05) is 22.2 Å². The molecular weight excluding hydrogens is 396 g/mol. The molecule has 0 aliphatic carbocycles. The van der Waals surface area contributed by atoms with Crippen LogP contribution >= 0.6 is 11.6 Å². The van der Waals surface area contributed by atoms with Gasteiger partial charge in [-0.2, -0.15) is 0 Å². The second kappa shape index (κ2) is 7.48. The first-order valence-corrected chi connectivity index (χ1v) is 9.06. The second-order valence-corrected chi connectivity index (χ2v) is 6.77. The van der Waals surface area contributed by atoms with Gasteiger partial charge in [-0.1, -0.05) is 11.6 Å². The SMILES string of the molecule is COc1cc2[nH]c3c(=O)n(CC(=O)Nc4ccc(Cl)cc4)cnc3c2cc1OC. The molecule has 4 aromatic rings. The maximum atomic E-state index is 12.9. The summed E-state index contributed by atoms with van der Waals surface area (Å²) >= 11 is 5.84. The Balaban J connectivity index is 1.68. The number of hydrogen-bond donors (Lipinski definition) is 2. The van der Waals surface area contributed by atoms with Gasteiger partial charge in [-0.25, -0.2) is 4.98 Å². The highest BCUT2D eigenvalue weighted by Crippen LogP contribution is 2.34. The maximum absolute atomic E-state index is 12.9. The number of benzene rings is 2. The minimum absolute atomic E-state index is 0.174. The third-order valence-corrected chi connectivity index (χ3v) is 4.77. The van der Waals surface area contributed by atoms with Crippen molar-refractivity contribution in [3.05, 3.63) is 58.1 Å². The molecule has 2 heterocycles. The van der Waals surface area contributed by atoms with E-state index < -0.39 is 0 Å². The van der Waals surface area contributed by atoms with Gasteiger partial charge in [-0.15, -0.1) is 0 Å². The minimum Gasteiger partial charge on any atom is -0.493 e. The summed E-state index contributed by atoms with van der Waals surface area (Å²) in [5, 5.41) is 4.02. The van der Waals surface area contributed by atoms with Gasteiger partial charge in [-0.3, -0.25) is 14.2 Å². The Morgan fingerprint density at radius 3 is 2.55 bits per heavy atom. The van der Waals surface area contributed by atoms with Crippen molar-refractivity contribution in [3.8, 4) is 11.5 Å². The lowest BCUT2D eigenvalue weighted by Crippen LogP contribution is -2.27. The number of aromatic nitrogens is 3. The molecule has 0 unspecified atom stereocenters. The number of amides is 1. The Labute approximate surface area is 170 Å². The van der Waals surface area contributed by atoms with E-state index in [1.165, 1.54) is 25.1 Å². The molecular formula is C20H17ClN4O4. The molecule has 0 radical (unpaired) electrons. The number of nitrogens with one attached hydrogen (secondary N) is 2. The topological polar surface area (TPSA) is 98.2 Å². The first-order chi connectivity index (χ1) is 14.0. The third-order valence-electron chi connectivity index (χ3n) is 4.52. The average molecular weight is 413 g/mol. The predicted octanol–water partition coefficient (Wildman–Crippen LogP) is 3.19. The van der Waals surface area contributed by atoms with Crippen LogP contribution in [0.3, 0.4) is 0 Å². The van der Waals surface area contributed by atoms with Gasteiger partial charge in [0.2, 0.25) is 5.91 Å². The van der Waals surface area contributed by atoms with Crippen molar-refractivity contribution in [3.63, 3.8) is 0 Å². The number of H-pyrrole nitrogens is 1. The van der Waals surface area contributed by atoms with Crippen LogP contribution in [0.25, 0.3) is 21.9 Å². The maximum Gasteiger partial charge on any atom is 0.278 e. The van der Waals surface area contributed by atoms with Crippen molar-refractivity contribution in [2.24, 2.45) is 0 Å². The number of anilines is 1. The van der Waals surface area contributed by atoms with Crippen LogP contribution in [0.5, 0.6) is 11.5 Å². The molecule has 0 aliphatic rings. The van der Waals surface area contributed by atoms with Crippen LogP contribution < -0.4 is 20.3 Å². The number of halogens is 1. The van der Waals surface area contributed by atoms with E-state index in [1.807, 2.05) is 0 Å². The summed E-state index contributed by atoms with van der Waals surface area (Å²) in [6.07, 6.45) is 1.36. The van der Waals surface area contributed by atoms with E-state index in [-0.39, 0.29) is 18.0 Å². The van der Waals surface area contributed by atoms with Crippen LogP contribution in [-0.2, 0) is 11.3 Å². The first-order valence-electron chi connectivity index (χ1n) is 8.68. The van der Waals surface area contributed by atoms with Gasteiger partial charge in [0.25, 0.3) is 5.56 Å². The lowest BCUT2D eigenvalue weighted by Gasteiger charge is -2.07. The van der Waals surface area contributed by atoms with Crippen molar-refractivity contribution >= 4 is 45.1 Å². The zero-order valence-corrected chi connectivity index (χ0v) is 16.4.